The normalized spacial score (nSPS) is 16.0. The van der Waals surface area contributed by atoms with Crippen molar-refractivity contribution in [2.24, 2.45) is 0 Å². The number of amides is 1. The molecule has 1 rings (SSSR count). The lowest BCUT2D eigenvalue weighted by Gasteiger charge is -2.34. The molecule has 27 heavy (non-hydrogen) atoms. The van der Waals surface area contributed by atoms with Crippen LogP contribution in [-0.2, 0) is 9.53 Å². The van der Waals surface area contributed by atoms with Gasteiger partial charge >= 0.3 is 30.2 Å². The first-order valence-electron chi connectivity index (χ1n) is 6.20. The van der Waals surface area contributed by atoms with Gasteiger partial charge in [-0.1, -0.05) is 0 Å². The van der Waals surface area contributed by atoms with Gasteiger partial charge in [-0.05, 0) is 46.9 Å². The molecular weight excluding hydrogens is 526 g/mol. The van der Waals surface area contributed by atoms with Gasteiger partial charge in [0.05, 0.1) is 0 Å². The van der Waals surface area contributed by atoms with Gasteiger partial charge in [-0.15, -0.1) is 0 Å². The molecule has 0 fully saturated rings. The van der Waals surface area contributed by atoms with Crippen LogP contribution in [-0.4, -0.2) is 36.1 Å². The topological polar surface area (TPSA) is 38.3 Å². The molecule has 0 bridgehead atoms. The fourth-order valence-corrected chi connectivity index (χ4v) is 1.74. The molecule has 154 valence electrons. The van der Waals surface area contributed by atoms with Gasteiger partial charge in [0.15, 0.2) is 0 Å². The second-order valence-corrected chi connectivity index (χ2v) is 5.99. The summed E-state index contributed by atoms with van der Waals surface area (Å²) in [7, 11) is 0. The number of alkyl halides is 11. The third-order valence-corrected chi connectivity index (χ3v) is 3.47. The first-order chi connectivity index (χ1) is 11.8. The van der Waals surface area contributed by atoms with Crippen LogP contribution in [0.5, 0.6) is 0 Å². The minimum absolute atomic E-state index is 0.473. The van der Waals surface area contributed by atoms with Gasteiger partial charge in [0.1, 0.15) is 0 Å². The van der Waals surface area contributed by atoms with Crippen LogP contribution in [0.4, 0.5) is 54.0 Å². The largest absolute Gasteiger partial charge is 0.462 e. The van der Waals surface area contributed by atoms with Crippen molar-refractivity contribution in [3.8, 4) is 0 Å². The van der Waals surface area contributed by atoms with Crippen molar-refractivity contribution in [1.29, 1.82) is 0 Å². The molecule has 15 heteroatoms. The average molecular weight is 531 g/mol. The van der Waals surface area contributed by atoms with E-state index in [1.54, 1.807) is 22.6 Å². The van der Waals surface area contributed by atoms with Gasteiger partial charge in [-0.3, -0.25) is 9.53 Å². The highest BCUT2D eigenvalue weighted by atomic mass is 127. The SMILES string of the molecule is O=C(Nc1ccc(I)cc1)[C@](F)(OC(F)(F)C(F)(F)C(F)(F)F)C(F)(F)F. The summed E-state index contributed by atoms with van der Waals surface area (Å²) >= 11 is 1.71. The first kappa shape index (κ1) is 23.6. The predicted molar refractivity (Wildman–Crippen MR) is 74.7 cm³/mol. The molecule has 1 amide bonds. The number of rotatable bonds is 5. The number of anilines is 1. The number of ether oxygens (including phenoxy) is 1. The van der Waals surface area contributed by atoms with E-state index in [1.165, 1.54) is 0 Å². The van der Waals surface area contributed by atoms with Crippen molar-refractivity contribution in [1.82, 2.24) is 0 Å². The molecule has 0 aliphatic rings. The fraction of sp³-hybridized carbons (Fsp3) is 0.417. The lowest BCUT2D eigenvalue weighted by atomic mass is 10.2. The summed E-state index contributed by atoms with van der Waals surface area (Å²) in [6, 6.07) is 4.08. The quantitative estimate of drug-likeness (QED) is 0.416. The third-order valence-electron chi connectivity index (χ3n) is 2.75. The summed E-state index contributed by atoms with van der Waals surface area (Å²) in [5.41, 5.74) is -0.610. The van der Waals surface area contributed by atoms with Crippen molar-refractivity contribution in [3.63, 3.8) is 0 Å². The summed E-state index contributed by atoms with van der Waals surface area (Å²) in [6.07, 6.45) is -20.9. The van der Waals surface area contributed by atoms with Crippen molar-refractivity contribution in [3.05, 3.63) is 27.8 Å². The van der Waals surface area contributed by atoms with Crippen molar-refractivity contribution in [2.75, 3.05) is 5.32 Å². The molecule has 0 aliphatic carbocycles. The summed E-state index contributed by atoms with van der Waals surface area (Å²) in [5.74, 6) is -16.5. The highest BCUT2D eigenvalue weighted by Crippen LogP contribution is 2.51. The van der Waals surface area contributed by atoms with Gasteiger partial charge in [-0.2, -0.15) is 48.3 Å². The molecule has 0 aromatic heterocycles. The van der Waals surface area contributed by atoms with Crippen LogP contribution in [0, 0.1) is 3.57 Å². The van der Waals surface area contributed by atoms with Gasteiger partial charge in [0, 0.05) is 9.26 Å². The molecule has 0 radical (unpaired) electrons. The zero-order valence-corrected chi connectivity index (χ0v) is 14.3. The van der Waals surface area contributed by atoms with Gasteiger partial charge < -0.3 is 5.32 Å². The summed E-state index contributed by atoms with van der Waals surface area (Å²) in [5, 5.41) is 1.11. The van der Waals surface area contributed by atoms with Crippen LogP contribution >= 0.6 is 22.6 Å². The Balaban J connectivity index is 3.27. The van der Waals surface area contributed by atoms with E-state index in [0.717, 1.165) is 29.6 Å². The van der Waals surface area contributed by atoms with Crippen LogP contribution in [0.3, 0.4) is 0 Å². The monoisotopic (exact) mass is 531 g/mol. The van der Waals surface area contributed by atoms with E-state index in [9.17, 15) is 53.1 Å². The van der Waals surface area contributed by atoms with Crippen molar-refractivity contribution >= 4 is 34.2 Å². The number of hydrogen-bond acceptors (Lipinski definition) is 2. The van der Waals surface area contributed by atoms with E-state index in [4.69, 9.17) is 0 Å². The maximum atomic E-state index is 13.9. The lowest BCUT2D eigenvalue weighted by Crippen LogP contribution is -2.62. The second-order valence-electron chi connectivity index (χ2n) is 4.75. The summed E-state index contributed by atoms with van der Waals surface area (Å²) < 4.78 is 142. The molecular formula is C12H5F11INO2. The van der Waals surface area contributed by atoms with E-state index < -0.39 is 41.8 Å². The molecule has 1 atom stereocenters. The third kappa shape index (κ3) is 4.72. The number of carbonyl (C=O) groups excluding carboxylic acids is 1. The Morgan fingerprint density at radius 1 is 0.815 bits per heavy atom. The van der Waals surface area contributed by atoms with Gasteiger partial charge in [0.2, 0.25) is 0 Å². The lowest BCUT2D eigenvalue weighted by molar-refractivity contribution is -0.472. The maximum Gasteiger partial charge on any atom is 0.462 e. The van der Waals surface area contributed by atoms with E-state index >= 15 is 0 Å². The Labute approximate surface area is 156 Å². The van der Waals surface area contributed by atoms with E-state index in [2.05, 4.69) is 4.74 Å². The average Bonchev–Trinajstić information content (AvgIpc) is 2.46. The molecule has 3 nitrogen and oxygen atoms in total. The fourth-order valence-electron chi connectivity index (χ4n) is 1.38. The van der Waals surface area contributed by atoms with E-state index in [1.807, 2.05) is 0 Å². The number of carbonyl (C=O) groups is 1. The maximum absolute atomic E-state index is 13.9. The van der Waals surface area contributed by atoms with Gasteiger partial charge in [-0.25, -0.2) is 0 Å². The summed E-state index contributed by atoms with van der Waals surface area (Å²) in [4.78, 5) is 11.4. The Bertz CT molecular complexity index is 686. The van der Waals surface area contributed by atoms with E-state index in [0.29, 0.717) is 3.57 Å². The van der Waals surface area contributed by atoms with Crippen LogP contribution in [0.15, 0.2) is 24.3 Å². The molecule has 1 N–H and O–H groups in total. The first-order valence-corrected chi connectivity index (χ1v) is 7.28. The number of hydrogen-bond donors (Lipinski definition) is 1. The minimum atomic E-state index is -7.23. The predicted octanol–water partition coefficient (Wildman–Crippen LogP) is 5.26. The Morgan fingerprint density at radius 3 is 1.63 bits per heavy atom. The Morgan fingerprint density at radius 2 is 1.26 bits per heavy atom. The minimum Gasteiger partial charge on any atom is -0.321 e. The molecule has 0 spiro atoms. The molecule has 0 saturated carbocycles. The highest BCUT2D eigenvalue weighted by molar-refractivity contribution is 14.1. The zero-order chi connectivity index (χ0) is 21.5. The summed E-state index contributed by atoms with van der Waals surface area (Å²) in [6.45, 7) is 0. The van der Waals surface area contributed by atoms with Crippen molar-refractivity contribution < 1.29 is 57.8 Å². The molecule has 0 heterocycles. The standard InChI is InChI=1S/C12H5F11INO2/c13-8(10(16,17)18,7(26)25-6-3-1-5(24)2-4-6)27-12(22,23)9(14,15)11(19,20)21/h1-4H,(H,25,26)/t8-/m0/s1. The molecule has 0 unspecified atom stereocenters. The smallest absolute Gasteiger partial charge is 0.321 e. The number of nitrogens with one attached hydrogen (secondary N) is 1. The van der Waals surface area contributed by atoms with Crippen LogP contribution in [0.1, 0.15) is 0 Å². The number of halogens is 12. The Hall–Kier alpha value is -1.39. The highest BCUT2D eigenvalue weighted by Gasteiger charge is 2.79. The molecule has 0 aliphatic heterocycles. The zero-order valence-electron chi connectivity index (χ0n) is 12.2. The van der Waals surface area contributed by atoms with Gasteiger partial charge in [0.25, 0.3) is 5.91 Å². The van der Waals surface area contributed by atoms with Crippen LogP contribution < -0.4 is 5.32 Å². The van der Waals surface area contributed by atoms with Crippen LogP contribution in [0.25, 0.3) is 0 Å². The second kappa shape index (κ2) is 7.21. The van der Waals surface area contributed by atoms with Crippen LogP contribution in [0.2, 0.25) is 0 Å². The van der Waals surface area contributed by atoms with E-state index in [-0.39, 0.29) is 0 Å². The number of benzene rings is 1. The molecule has 0 saturated heterocycles. The molecule has 1 aromatic rings. The Kier molecular flexibility index (Phi) is 6.32. The molecule has 1 aromatic carbocycles. The van der Waals surface area contributed by atoms with Crippen molar-refractivity contribution in [2.45, 2.75) is 30.2 Å².